The van der Waals surface area contributed by atoms with Gasteiger partial charge in [0.15, 0.2) is 4.90 Å². The number of pyridine rings is 1. The van der Waals surface area contributed by atoms with E-state index >= 15 is 0 Å². The maximum Gasteiger partial charge on any atom is 0.300 e. The smallest absolute Gasteiger partial charge is 0.300 e. The van der Waals surface area contributed by atoms with E-state index in [4.69, 9.17) is 4.55 Å². The SMILES string of the molecule is O=c1[nH]c2c(O)cccc2cc1S(=O)(=O)O. The minimum absolute atomic E-state index is 0.125. The van der Waals surface area contributed by atoms with Crippen LogP contribution in [-0.2, 0) is 10.1 Å². The highest BCUT2D eigenvalue weighted by molar-refractivity contribution is 7.85. The molecule has 84 valence electrons. The van der Waals surface area contributed by atoms with Gasteiger partial charge < -0.3 is 10.1 Å². The van der Waals surface area contributed by atoms with Gasteiger partial charge in [0.1, 0.15) is 5.75 Å². The van der Waals surface area contributed by atoms with Crippen LogP contribution in [0.4, 0.5) is 0 Å². The first-order chi connectivity index (χ1) is 7.39. The minimum Gasteiger partial charge on any atom is -0.506 e. The van der Waals surface area contributed by atoms with Gasteiger partial charge in [0, 0.05) is 5.39 Å². The maximum atomic E-state index is 11.3. The Morgan fingerprint density at radius 2 is 1.94 bits per heavy atom. The standard InChI is InChI=1S/C9H7NO5S/c11-6-3-1-2-5-4-7(16(13,14)15)9(12)10-8(5)6/h1-4,11H,(H,10,12)(H,13,14,15). The molecule has 2 rings (SSSR count). The lowest BCUT2D eigenvalue weighted by Crippen LogP contribution is -2.16. The van der Waals surface area contributed by atoms with Crippen LogP contribution >= 0.6 is 0 Å². The van der Waals surface area contributed by atoms with Crippen LogP contribution in [0.5, 0.6) is 5.75 Å². The summed E-state index contributed by atoms with van der Waals surface area (Å²) in [4.78, 5) is 12.8. The summed E-state index contributed by atoms with van der Waals surface area (Å²) in [7, 11) is -4.56. The second-order valence-electron chi connectivity index (χ2n) is 3.18. The summed E-state index contributed by atoms with van der Waals surface area (Å²) in [5, 5.41) is 9.72. The molecule has 3 N–H and O–H groups in total. The van der Waals surface area contributed by atoms with Crippen LogP contribution in [0.25, 0.3) is 10.9 Å². The van der Waals surface area contributed by atoms with E-state index in [1.807, 2.05) is 0 Å². The van der Waals surface area contributed by atoms with Gasteiger partial charge in [0.05, 0.1) is 5.52 Å². The molecule has 0 aliphatic carbocycles. The molecule has 16 heavy (non-hydrogen) atoms. The molecule has 0 atom stereocenters. The number of fused-ring (bicyclic) bond motifs is 1. The Balaban J connectivity index is 2.94. The summed E-state index contributed by atoms with van der Waals surface area (Å²) in [6.45, 7) is 0. The maximum absolute atomic E-state index is 11.3. The number of nitrogens with one attached hydrogen (secondary N) is 1. The molecule has 1 aromatic carbocycles. The lowest BCUT2D eigenvalue weighted by atomic mass is 10.2. The summed E-state index contributed by atoms with van der Waals surface area (Å²) in [5.74, 6) is -0.170. The van der Waals surface area contributed by atoms with Gasteiger partial charge >= 0.3 is 0 Å². The summed E-state index contributed by atoms with van der Waals surface area (Å²) < 4.78 is 30.5. The van der Waals surface area contributed by atoms with Crippen LogP contribution in [-0.4, -0.2) is 23.1 Å². The molecule has 0 unspecified atom stereocenters. The largest absolute Gasteiger partial charge is 0.506 e. The van der Waals surface area contributed by atoms with Crippen LogP contribution in [0.2, 0.25) is 0 Å². The number of aromatic nitrogens is 1. The van der Waals surface area contributed by atoms with Gasteiger partial charge in [-0.05, 0) is 12.1 Å². The molecule has 0 saturated heterocycles. The van der Waals surface area contributed by atoms with Gasteiger partial charge in [-0.15, -0.1) is 0 Å². The van der Waals surface area contributed by atoms with Crippen LogP contribution < -0.4 is 5.56 Å². The number of phenolic OH excluding ortho intramolecular Hbond substituents is 1. The number of aromatic amines is 1. The number of benzene rings is 1. The fourth-order valence-electron chi connectivity index (χ4n) is 1.39. The second-order valence-corrected chi connectivity index (χ2v) is 4.57. The quantitative estimate of drug-likeness (QED) is 0.629. The highest BCUT2D eigenvalue weighted by atomic mass is 32.2. The minimum atomic E-state index is -4.56. The Morgan fingerprint density at radius 1 is 1.25 bits per heavy atom. The van der Waals surface area contributed by atoms with Crippen LogP contribution in [0.15, 0.2) is 34.0 Å². The van der Waals surface area contributed by atoms with Crippen molar-refractivity contribution in [3.63, 3.8) is 0 Å². The van der Waals surface area contributed by atoms with Crippen molar-refractivity contribution in [2.75, 3.05) is 0 Å². The number of phenols is 1. The molecule has 1 heterocycles. The molecule has 1 aromatic heterocycles. The van der Waals surface area contributed by atoms with Crippen molar-refractivity contribution in [3.05, 3.63) is 34.6 Å². The lowest BCUT2D eigenvalue weighted by Gasteiger charge is -2.02. The topological polar surface area (TPSA) is 107 Å². The summed E-state index contributed by atoms with van der Waals surface area (Å²) in [5.41, 5.74) is -0.851. The summed E-state index contributed by atoms with van der Waals surface area (Å²) >= 11 is 0. The zero-order valence-electron chi connectivity index (χ0n) is 7.84. The van der Waals surface area contributed by atoms with Crippen molar-refractivity contribution in [2.45, 2.75) is 4.90 Å². The third-order valence-corrected chi connectivity index (χ3v) is 2.96. The molecule has 2 aromatic rings. The highest BCUT2D eigenvalue weighted by Crippen LogP contribution is 2.21. The average Bonchev–Trinajstić information content (AvgIpc) is 2.17. The molecule has 0 aliphatic heterocycles. The van der Waals surface area contributed by atoms with E-state index in [2.05, 4.69) is 4.98 Å². The van der Waals surface area contributed by atoms with E-state index in [1.165, 1.54) is 18.2 Å². The van der Waals surface area contributed by atoms with Gasteiger partial charge in [0.2, 0.25) is 0 Å². The Kier molecular flexibility index (Phi) is 2.21. The first kappa shape index (κ1) is 10.7. The lowest BCUT2D eigenvalue weighted by molar-refractivity contribution is 0.477. The number of hydrogen-bond acceptors (Lipinski definition) is 4. The van der Waals surface area contributed by atoms with Gasteiger partial charge in [0.25, 0.3) is 15.7 Å². The molecule has 0 radical (unpaired) electrons. The zero-order chi connectivity index (χ0) is 11.9. The van der Waals surface area contributed by atoms with Gasteiger partial charge in [-0.25, -0.2) is 0 Å². The van der Waals surface area contributed by atoms with Crippen LogP contribution in [0.1, 0.15) is 0 Å². The Bertz CT molecular complexity index is 716. The molecular weight excluding hydrogens is 234 g/mol. The third kappa shape index (κ3) is 1.66. The Hall–Kier alpha value is -1.86. The summed E-state index contributed by atoms with van der Waals surface area (Å²) in [6, 6.07) is 5.35. The summed E-state index contributed by atoms with van der Waals surface area (Å²) in [6.07, 6.45) is 0. The molecule has 0 fully saturated rings. The monoisotopic (exact) mass is 241 g/mol. The van der Waals surface area contributed by atoms with E-state index < -0.39 is 20.6 Å². The van der Waals surface area contributed by atoms with Crippen molar-refractivity contribution in [2.24, 2.45) is 0 Å². The van der Waals surface area contributed by atoms with Crippen LogP contribution in [0.3, 0.4) is 0 Å². The molecule has 0 bridgehead atoms. The van der Waals surface area contributed by atoms with Crippen molar-refractivity contribution in [1.29, 1.82) is 0 Å². The van der Waals surface area contributed by atoms with Crippen molar-refractivity contribution in [1.82, 2.24) is 4.98 Å². The van der Waals surface area contributed by atoms with E-state index in [0.717, 1.165) is 6.07 Å². The molecule has 0 aliphatic rings. The van der Waals surface area contributed by atoms with Crippen molar-refractivity contribution < 1.29 is 18.1 Å². The van der Waals surface area contributed by atoms with Gasteiger partial charge in [-0.2, -0.15) is 8.42 Å². The predicted octanol–water partition coefficient (Wildman–Crippen LogP) is 0.480. The van der Waals surface area contributed by atoms with Gasteiger partial charge in [-0.3, -0.25) is 9.35 Å². The average molecular weight is 241 g/mol. The fourth-order valence-corrected chi connectivity index (χ4v) is 1.95. The zero-order valence-corrected chi connectivity index (χ0v) is 8.65. The van der Waals surface area contributed by atoms with Gasteiger partial charge in [-0.1, -0.05) is 12.1 Å². The highest BCUT2D eigenvalue weighted by Gasteiger charge is 2.16. The number of rotatable bonds is 1. The molecule has 0 spiro atoms. The first-order valence-corrected chi connectivity index (χ1v) is 5.66. The first-order valence-electron chi connectivity index (χ1n) is 4.22. The van der Waals surface area contributed by atoms with E-state index in [9.17, 15) is 18.3 Å². The number of aromatic hydroxyl groups is 1. The molecule has 7 heteroatoms. The Morgan fingerprint density at radius 3 is 2.56 bits per heavy atom. The predicted molar refractivity (Wildman–Crippen MR) is 56.0 cm³/mol. The van der Waals surface area contributed by atoms with E-state index in [-0.39, 0.29) is 11.3 Å². The second kappa shape index (κ2) is 3.32. The van der Waals surface area contributed by atoms with Crippen molar-refractivity contribution >= 4 is 21.0 Å². The van der Waals surface area contributed by atoms with E-state index in [1.54, 1.807) is 0 Å². The Labute approximate surface area is 89.9 Å². The molecule has 0 amide bonds. The number of para-hydroxylation sites is 1. The van der Waals surface area contributed by atoms with Crippen LogP contribution in [0, 0.1) is 0 Å². The van der Waals surface area contributed by atoms with E-state index in [0.29, 0.717) is 5.39 Å². The third-order valence-electron chi connectivity index (χ3n) is 2.10. The fraction of sp³-hybridized carbons (Fsp3) is 0. The van der Waals surface area contributed by atoms with Crippen molar-refractivity contribution in [3.8, 4) is 5.75 Å². The molecule has 6 nitrogen and oxygen atoms in total. The normalized spacial score (nSPS) is 11.8. The number of hydrogen-bond donors (Lipinski definition) is 3. The molecule has 0 saturated carbocycles. The number of H-pyrrole nitrogens is 1. The molecular formula is C9H7NO5S.